The minimum absolute atomic E-state index is 0.0906. The van der Waals surface area contributed by atoms with Gasteiger partial charge in [-0.15, -0.1) is 0 Å². The van der Waals surface area contributed by atoms with Gasteiger partial charge in [0.15, 0.2) is 11.3 Å². The van der Waals surface area contributed by atoms with E-state index in [1.54, 1.807) is 15.5 Å². The molecule has 0 radical (unpaired) electrons. The highest BCUT2D eigenvalue weighted by Crippen LogP contribution is 2.26. The molecule has 0 bridgehead atoms. The number of nitrogens with zero attached hydrogens (tertiary/aromatic N) is 6. The molecule has 174 valence electrons. The second-order valence-corrected chi connectivity index (χ2v) is 9.02. The van der Waals surface area contributed by atoms with E-state index in [-0.39, 0.29) is 5.56 Å². The predicted octanol–water partition coefficient (Wildman–Crippen LogP) is 5.38. The Labute approximate surface area is 202 Å². The number of aromatic nitrogens is 5. The first kappa shape index (κ1) is 21.4. The third-order valence-corrected chi connectivity index (χ3v) is 6.69. The number of allylic oxidation sites excluding steroid dienone is 2. The van der Waals surface area contributed by atoms with Gasteiger partial charge in [-0.1, -0.05) is 54.1 Å². The van der Waals surface area contributed by atoms with Crippen LogP contribution in [0.1, 0.15) is 43.5 Å². The molecule has 0 saturated carbocycles. The van der Waals surface area contributed by atoms with Gasteiger partial charge in [-0.3, -0.25) is 9.36 Å². The second-order valence-electron chi connectivity index (χ2n) is 9.02. The van der Waals surface area contributed by atoms with Crippen LogP contribution in [0.15, 0.2) is 76.1 Å². The quantitative estimate of drug-likeness (QED) is 0.260. The van der Waals surface area contributed by atoms with Gasteiger partial charge in [0.05, 0.1) is 17.2 Å². The average molecular weight is 463 g/mol. The van der Waals surface area contributed by atoms with Crippen molar-refractivity contribution in [1.82, 2.24) is 24.2 Å². The highest BCUT2D eigenvalue weighted by Gasteiger charge is 2.21. The standard InChI is InChI=1S/C28H26N6O/c1-19-30-26-24(28(35)33(19)17-16-20-10-4-2-5-11-20)25-27(32-23-15-9-8-14-22(23)31-25)34(26)29-18-21-12-6-3-7-13-21/h3,6-10,12-15,18H,2,4-5,11,16-17H2,1H3/b29-18-. The average Bonchev–Trinajstić information content (AvgIpc) is 3.19. The van der Waals surface area contributed by atoms with Crippen molar-refractivity contribution in [3.63, 3.8) is 0 Å². The molecule has 5 aromatic rings. The largest absolute Gasteiger partial charge is 0.296 e. The summed E-state index contributed by atoms with van der Waals surface area (Å²) in [7, 11) is 0. The first-order valence-corrected chi connectivity index (χ1v) is 12.1. The zero-order valence-corrected chi connectivity index (χ0v) is 19.7. The molecule has 0 spiro atoms. The monoisotopic (exact) mass is 462 g/mol. The molecule has 0 amide bonds. The van der Waals surface area contributed by atoms with Crippen molar-refractivity contribution in [2.75, 3.05) is 0 Å². The molecular weight excluding hydrogens is 436 g/mol. The first-order valence-electron chi connectivity index (χ1n) is 12.1. The van der Waals surface area contributed by atoms with Crippen molar-refractivity contribution < 1.29 is 0 Å². The fourth-order valence-corrected chi connectivity index (χ4v) is 4.84. The zero-order chi connectivity index (χ0) is 23.8. The van der Waals surface area contributed by atoms with Gasteiger partial charge in [0.25, 0.3) is 5.56 Å². The molecule has 0 aliphatic heterocycles. The lowest BCUT2D eigenvalue weighted by Gasteiger charge is -2.14. The van der Waals surface area contributed by atoms with E-state index >= 15 is 0 Å². The number of hydrogen-bond donors (Lipinski definition) is 0. The Morgan fingerprint density at radius 2 is 1.71 bits per heavy atom. The summed E-state index contributed by atoms with van der Waals surface area (Å²) in [6.45, 7) is 2.50. The van der Waals surface area contributed by atoms with E-state index in [0.29, 0.717) is 34.6 Å². The Bertz CT molecular complexity index is 1680. The maximum Gasteiger partial charge on any atom is 0.265 e. The van der Waals surface area contributed by atoms with Gasteiger partial charge in [0.1, 0.15) is 16.7 Å². The maximum atomic E-state index is 13.8. The van der Waals surface area contributed by atoms with Crippen molar-refractivity contribution in [1.29, 1.82) is 0 Å². The van der Waals surface area contributed by atoms with Gasteiger partial charge >= 0.3 is 0 Å². The van der Waals surface area contributed by atoms with Crippen molar-refractivity contribution in [2.24, 2.45) is 5.10 Å². The van der Waals surface area contributed by atoms with Gasteiger partial charge in [-0.25, -0.2) is 15.0 Å². The molecule has 3 heterocycles. The Morgan fingerprint density at radius 3 is 2.49 bits per heavy atom. The molecule has 35 heavy (non-hydrogen) atoms. The number of fused-ring (bicyclic) bond motifs is 4. The summed E-state index contributed by atoms with van der Waals surface area (Å²) in [6.07, 6.45) is 9.70. The summed E-state index contributed by atoms with van der Waals surface area (Å²) < 4.78 is 3.43. The summed E-state index contributed by atoms with van der Waals surface area (Å²) in [6, 6.07) is 17.5. The van der Waals surface area contributed by atoms with E-state index in [0.717, 1.165) is 35.9 Å². The van der Waals surface area contributed by atoms with Crippen LogP contribution in [0.4, 0.5) is 0 Å². The fourth-order valence-electron chi connectivity index (χ4n) is 4.84. The predicted molar refractivity (Wildman–Crippen MR) is 140 cm³/mol. The van der Waals surface area contributed by atoms with E-state index in [9.17, 15) is 4.79 Å². The SMILES string of the molecule is Cc1nc2c(c(=O)n1CCC1=CCCCC1)c1nc3ccccc3nc1n2/N=C\c1ccccc1. The van der Waals surface area contributed by atoms with E-state index in [2.05, 4.69) is 6.08 Å². The summed E-state index contributed by atoms with van der Waals surface area (Å²) in [4.78, 5) is 28.4. The van der Waals surface area contributed by atoms with E-state index < -0.39 is 0 Å². The van der Waals surface area contributed by atoms with Crippen molar-refractivity contribution >= 4 is 39.4 Å². The molecule has 0 N–H and O–H groups in total. The van der Waals surface area contributed by atoms with Crippen LogP contribution < -0.4 is 5.56 Å². The lowest BCUT2D eigenvalue weighted by molar-refractivity contribution is 0.597. The van der Waals surface area contributed by atoms with E-state index in [1.807, 2.05) is 61.5 Å². The van der Waals surface area contributed by atoms with Gasteiger partial charge in [-0.05, 0) is 56.7 Å². The number of benzene rings is 2. The number of hydrogen-bond acceptors (Lipinski definition) is 5. The minimum atomic E-state index is -0.0906. The molecule has 0 saturated heterocycles. The molecule has 7 heteroatoms. The van der Waals surface area contributed by atoms with Crippen LogP contribution in [0.2, 0.25) is 0 Å². The molecule has 2 aromatic carbocycles. The number of aryl methyl sites for hydroxylation is 1. The van der Waals surface area contributed by atoms with Crippen molar-refractivity contribution in [3.8, 4) is 0 Å². The van der Waals surface area contributed by atoms with Crippen LogP contribution in [0.5, 0.6) is 0 Å². The smallest absolute Gasteiger partial charge is 0.265 e. The second kappa shape index (κ2) is 8.91. The first-order chi connectivity index (χ1) is 17.2. The molecule has 1 aliphatic carbocycles. The van der Waals surface area contributed by atoms with Gasteiger partial charge in [0.2, 0.25) is 0 Å². The van der Waals surface area contributed by atoms with Crippen LogP contribution in [0, 0.1) is 6.92 Å². The van der Waals surface area contributed by atoms with Crippen molar-refractivity contribution in [2.45, 2.75) is 45.6 Å². The Hall–Kier alpha value is -4.13. The van der Waals surface area contributed by atoms with Crippen LogP contribution >= 0.6 is 0 Å². The summed E-state index contributed by atoms with van der Waals surface area (Å²) in [5, 5.41) is 5.16. The molecule has 0 fully saturated rings. The van der Waals surface area contributed by atoms with Crippen LogP contribution in [0.25, 0.3) is 33.2 Å². The Kier molecular flexibility index (Phi) is 5.45. The third kappa shape index (κ3) is 3.93. The van der Waals surface area contributed by atoms with Crippen LogP contribution in [-0.4, -0.2) is 30.4 Å². The minimum Gasteiger partial charge on any atom is -0.296 e. The Morgan fingerprint density at radius 1 is 0.943 bits per heavy atom. The van der Waals surface area contributed by atoms with Gasteiger partial charge in [-0.2, -0.15) is 9.78 Å². The molecular formula is C28H26N6O. The van der Waals surface area contributed by atoms with Crippen LogP contribution in [-0.2, 0) is 6.54 Å². The van der Waals surface area contributed by atoms with Crippen molar-refractivity contribution in [3.05, 3.63) is 88.0 Å². The van der Waals surface area contributed by atoms with E-state index in [4.69, 9.17) is 20.1 Å². The topological polar surface area (TPSA) is 78.0 Å². The fraction of sp³-hybridized carbons (Fsp3) is 0.250. The highest BCUT2D eigenvalue weighted by atomic mass is 16.1. The molecule has 3 aromatic heterocycles. The zero-order valence-electron chi connectivity index (χ0n) is 19.7. The molecule has 7 nitrogen and oxygen atoms in total. The summed E-state index contributed by atoms with van der Waals surface area (Å²) in [5.74, 6) is 0.669. The van der Waals surface area contributed by atoms with Gasteiger partial charge < -0.3 is 0 Å². The normalized spacial score (nSPS) is 14.4. The van der Waals surface area contributed by atoms with E-state index in [1.165, 1.54) is 18.4 Å². The molecule has 0 atom stereocenters. The van der Waals surface area contributed by atoms with Gasteiger partial charge in [0, 0.05) is 6.54 Å². The molecule has 0 unspecified atom stereocenters. The maximum absolute atomic E-state index is 13.8. The summed E-state index contributed by atoms with van der Waals surface area (Å²) in [5.41, 5.74) is 5.33. The summed E-state index contributed by atoms with van der Waals surface area (Å²) >= 11 is 0. The number of rotatable bonds is 5. The lowest BCUT2D eigenvalue weighted by Crippen LogP contribution is -2.24. The highest BCUT2D eigenvalue weighted by molar-refractivity contribution is 6.05. The Balaban J connectivity index is 1.56. The molecule has 6 rings (SSSR count). The lowest BCUT2D eigenvalue weighted by atomic mass is 9.97. The third-order valence-electron chi connectivity index (χ3n) is 6.69. The molecule has 1 aliphatic rings. The van der Waals surface area contributed by atoms with Crippen LogP contribution in [0.3, 0.4) is 0 Å². The number of para-hydroxylation sites is 2.